The van der Waals surface area contributed by atoms with Crippen molar-refractivity contribution in [2.75, 3.05) is 0 Å². The van der Waals surface area contributed by atoms with E-state index in [2.05, 4.69) is 35.3 Å². The molecule has 0 aliphatic heterocycles. The number of hydrogen-bond acceptors (Lipinski definition) is 5. The maximum Gasteiger partial charge on any atom is 0.243 e. The summed E-state index contributed by atoms with van der Waals surface area (Å²) in [7, 11) is 0. The van der Waals surface area contributed by atoms with Gasteiger partial charge in [-0.25, -0.2) is 0 Å². The fourth-order valence-electron chi connectivity index (χ4n) is 1.36. The van der Waals surface area contributed by atoms with E-state index in [1.807, 2.05) is 13.0 Å². The molecule has 90 valence electrons. The van der Waals surface area contributed by atoms with Crippen LogP contribution in [0.2, 0.25) is 0 Å². The summed E-state index contributed by atoms with van der Waals surface area (Å²) in [6, 6.07) is 8.12. The average Bonchev–Trinajstić information content (AvgIpc) is 2.75. The zero-order valence-electron chi connectivity index (χ0n) is 9.88. The van der Waals surface area contributed by atoms with E-state index < -0.39 is 0 Å². The second-order valence-electron chi connectivity index (χ2n) is 3.94. The molecule has 0 saturated heterocycles. The van der Waals surface area contributed by atoms with Gasteiger partial charge in [0.2, 0.25) is 5.89 Å². The summed E-state index contributed by atoms with van der Waals surface area (Å²) in [5, 5.41) is 3.89. The molecule has 0 spiro atoms. The van der Waals surface area contributed by atoms with Gasteiger partial charge in [0, 0.05) is 4.90 Å². The lowest BCUT2D eigenvalue weighted by molar-refractivity contribution is 0.358. The van der Waals surface area contributed by atoms with E-state index in [1.165, 1.54) is 10.5 Å². The van der Waals surface area contributed by atoms with Crippen LogP contribution in [0.4, 0.5) is 0 Å². The highest BCUT2D eigenvalue weighted by molar-refractivity contribution is 7.98. The number of rotatable bonds is 4. The largest absolute Gasteiger partial charge is 0.338 e. The van der Waals surface area contributed by atoms with Crippen molar-refractivity contribution in [2.45, 2.75) is 30.5 Å². The predicted octanol–water partition coefficient (Wildman–Crippen LogP) is 2.69. The van der Waals surface area contributed by atoms with Gasteiger partial charge in [-0.1, -0.05) is 22.9 Å². The van der Waals surface area contributed by atoms with Crippen LogP contribution in [-0.4, -0.2) is 10.1 Å². The molecule has 0 unspecified atom stereocenters. The maximum absolute atomic E-state index is 5.65. The van der Waals surface area contributed by atoms with Gasteiger partial charge in [-0.15, -0.1) is 11.8 Å². The Morgan fingerprint density at radius 1 is 1.47 bits per heavy atom. The lowest BCUT2D eigenvalue weighted by atomic mass is 10.2. The molecule has 2 aromatic rings. The maximum atomic E-state index is 5.65. The van der Waals surface area contributed by atoms with Gasteiger partial charge in [-0.05, 0) is 26.0 Å². The van der Waals surface area contributed by atoms with Crippen molar-refractivity contribution in [1.29, 1.82) is 0 Å². The Labute approximate surface area is 105 Å². The van der Waals surface area contributed by atoms with Crippen LogP contribution < -0.4 is 5.73 Å². The third kappa shape index (κ3) is 3.31. The number of nitrogens with two attached hydrogens (primary N) is 1. The summed E-state index contributed by atoms with van der Waals surface area (Å²) >= 11 is 1.69. The monoisotopic (exact) mass is 249 g/mol. The van der Waals surface area contributed by atoms with Gasteiger partial charge in [-0.2, -0.15) is 4.98 Å². The van der Waals surface area contributed by atoms with Gasteiger partial charge in [0.15, 0.2) is 5.82 Å². The molecule has 2 N–H and O–H groups in total. The highest BCUT2D eigenvalue weighted by Gasteiger charge is 2.10. The molecule has 5 heteroatoms. The van der Waals surface area contributed by atoms with Crippen LogP contribution in [0.15, 0.2) is 33.7 Å². The van der Waals surface area contributed by atoms with Crippen molar-refractivity contribution in [1.82, 2.24) is 10.1 Å². The van der Waals surface area contributed by atoms with Crippen molar-refractivity contribution in [2.24, 2.45) is 5.73 Å². The van der Waals surface area contributed by atoms with Crippen LogP contribution in [0, 0.1) is 6.92 Å². The minimum atomic E-state index is -0.208. The summed E-state index contributed by atoms with van der Waals surface area (Å²) in [5.41, 5.74) is 6.90. The molecule has 0 amide bonds. The number of aromatic nitrogens is 2. The minimum absolute atomic E-state index is 0.208. The molecule has 0 saturated carbocycles. The van der Waals surface area contributed by atoms with E-state index in [4.69, 9.17) is 10.3 Å². The van der Waals surface area contributed by atoms with Gasteiger partial charge in [0.25, 0.3) is 0 Å². The molecule has 1 heterocycles. The molecular formula is C12H15N3OS. The third-order valence-corrected chi connectivity index (χ3v) is 3.22. The van der Waals surface area contributed by atoms with Gasteiger partial charge in [0.1, 0.15) is 0 Å². The molecule has 4 nitrogen and oxygen atoms in total. The molecule has 0 aliphatic rings. The van der Waals surface area contributed by atoms with Crippen molar-refractivity contribution in [3.8, 4) is 0 Å². The summed E-state index contributed by atoms with van der Waals surface area (Å²) in [6.45, 7) is 3.90. The van der Waals surface area contributed by atoms with Crippen molar-refractivity contribution in [3.05, 3.63) is 41.5 Å². The zero-order chi connectivity index (χ0) is 12.3. The van der Waals surface area contributed by atoms with E-state index in [9.17, 15) is 0 Å². The molecule has 17 heavy (non-hydrogen) atoms. The molecule has 0 aliphatic carbocycles. The van der Waals surface area contributed by atoms with E-state index >= 15 is 0 Å². The van der Waals surface area contributed by atoms with Crippen LogP contribution in [0.25, 0.3) is 0 Å². The van der Waals surface area contributed by atoms with E-state index in [1.54, 1.807) is 11.8 Å². The van der Waals surface area contributed by atoms with Crippen LogP contribution >= 0.6 is 11.8 Å². The number of aryl methyl sites for hydroxylation is 1. The molecule has 0 bridgehead atoms. The number of hydrogen-bond donors (Lipinski definition) is 1. The van der Waals surface area contributed by atoms with Gasteiger partial charge in [-0.3, -0.25) is 0 Å². The number of nitrogens with zero attached hydrogens (tertiary/aromatic N) is 2. The molecule has 2 rings (SSSR count). The SMILES string of the molecule is Cc1cccc(SCc2noc([C@@H](C)N)n2)c1. The van der Waals surface area contributed by atoms with Crippen molar-refractivity contribution < 1.29 is 4.52 Å². The lowest BCUT2D eigenvalue weighted by Crippen LogP contribution is -2.05. The Morgan fingerprint density at radius 3 is 2.94 bits per heavy atom. The molecule has 1 aromatic carbocycles. The smallest absolute Gasteiger partial charge is 0.243 e. The minimum Gasteiger partial charge on any atom is -0.338 e. The van der Waals surface area contributed by atoms with Gasteiger partial charge in [0.05, 0.1) is 11.8 Å². The third-order valence-electron chi connectivity index (χ3n) is 2.23. The van der Waals surface area contributed by atoms with E-state index in [0.29, 0.717) is 17.5 Å². The van der Waals surface area contributed by atoms with Crippen LogP contribution in [-0.2, 0) is 5.75 Å². The standard InChI is InChI=1S/C12H15N3OS/c1-8-4-3-5-10(6-8)17-7-11-14-12(9(2)13)16-15-11/h3-6,9H,7,13H2,1-2H3/t9-/m1/s1. The average molecular weight is 249 g/mol. The lowest BCUT2D eigenvalue weighted by Gasteiger charge is -1.99. The molecule has 0 radical (unpaired) electrons. The van der Waals surface area contributed by atoms with Crippen LogP contribution in [0.5, 0.6) is 0 Å². The Kier molecular flexibility index (Phi) is 3.81. The highest BCUT2D eigenvalue weighted by atomic mass is 32.2. The molecular weight excluding hydrogens is 234 g/mol. The first kappa shape index (κ1) is 12.1. The quantitative estimate of drug-likeness (QED) is 0.844. The van der Waals surface area contributed by atoms with Gasteiger partial charge < -0.3 is 10.3 Å². The topological polar surface area (TPSA) is 64.9 Å². The van der Waals surface area contributed by atoms with E-state index in [0.717, 1.165) is 0 Å². The molecule has 0 fully saturated rings. The van der Waals surface area contributed by atoms with E-state index in [-0.39, 0.29) is 6.04 Å². The Bertz CT molecular complexity index is 496. The van der Waals surface area contributed by atoms with Crippen molar-refractivity contribution in [3.63, 3.8) is 0 Å². The second kappa shape index (κ2) is 5.33. The zero-order valence-corrected chi connectivity index (χ0v) is 10.7. The van der Waals surface area contributed by atoms with Crippen LogP contribution in [0.3, 0.4) is 0 Å². The Morgan fingerprint density at radius 2 is 2.29 bits per heavy atom. The second-order valence-corrected chi connectivity index (χ2v) is 4.99. The Balaban J connectivity index is 1.97. The molecule has 1 aromatic heterocycles. The highest BCUT2D eigenvalue weighted by Crippen LogP contribution is 2.22. The first-order valence-corrected chi connectivity index (χ1v) is 6.41. The summed E-state index contributed by atoms with van der Waals surface area (Å²) in [6.07, 6.45) is 0. The predicted molar refractivity (Wildman–Crippen MR) is 67.6 cm³/mol. The fraction of sp³-hybridized carbons (Fsp3) is 0.333. The summed E-state index contributed by atoms with van der Waals surface area (Å²) in [4.78, 5) is 5.43. The normalized spacial score (nSPS) is 12.6. The Hall–Kier alpha value is -1.33. The summed E-state index contributed by atoms with van der Waals surface area (Å²) in [5.74, 6) is 1.87. The number of benzene rings is 1. The first-order valence-electron chi connectivity index (χ1n) is 5.42. The van der Waals surface area contributed by atoms with Crippen LogP contribution in [0.1, 0.15) is 30.2 Å². The molecule has 1 atom stereocenters. The fourth-order valence-corrected chi connectivity index (χ4v) is 2.22. The number of thioether (sulfide) groups is 1. The van der Waals surface area contributed by atoms with Crippen molar-refractivity contribution >= 4 is 11.8 Å². The summed E-state index contributed by atoms with van der Waals surface area (Å²) < 4.78 is 5.04. The van der Waals surface area contributed by atoms with Gasteiger partial charge >= 0.3 is 0 Å². The first-order chi connectivity index (χ1) is 8.15.